The molecule has 0 atom stereocenters. The summed E-state index contributed by atoms with van der Waals surface area (Å²) in [6.45, 7) is 4.28. The normalized spacial score (nSPS) is 11.2. The molecule has 1 N–H and O–H groups in total. The van der Waals surface area contributed by atoms with E-state index in [-0.39, 0.29) is 11.2 Å². The molecule has 0 aliphatic heterocycles. The Bertz CT molecular complexity index is 1300. The zero-order valence-corrected chi connectivity index (χ0v) is 16.0. The van der Waals surface area contributed by atoms with Crippen LogP contribution in [0.3, 0.4) is 0 Å². The first-order valence-electron chi connectivity index (χ1n) is 8.29. The Hall–Kier alpha value is -3.47. The zero-order chi connectivity index (χ0) is 19.8. The van der Waals surface area contributed by atoms with Gasteiger partial charge in [0, 0.05) is 38.6 Å². The Morgan fingerprint density at radius 3 is 2.79 bits per heavy atom. The van der Waals surface area contributed by atoms with Crippen molar-refractivity contribution >= 4 is 22.9 Å². The Kier molecular flexibility index (Phi) is 4.43. The number of aromatic amines is 1. The van der Waals surface area contributed by atoms with Crippen LogP contribution in [-0.4, -0.2) is 38.9 Å². The van der Waals surface area contributed by atoms with Crippen LogP contribution in [0.5, 0.6) is 0 Å². The molecule has 0 spiro atoms. The maximum absolute atomic E-state index is 12.3. The Balaban J connectivity index is 1.80. The Labute approximate surface area is 162 Å². The fourth-order valence-corrected chi connectivity index (χ4v) is 3.62. The monoisotopic (exact) mass is 396 g/mol. The molecule has 0 aliphatic rings. The molecule has 0 unspecified atom stereocenters. The zero-order valence-electron chi connectivity index (χ0n) is 15.2. The van der Waals surface area contributed by atoms with Crippen molar-refractivity contribution in [3.63, 3.8) is 0 Å². The van der Waals surface area contributed by atoms with Gasteiger partial charge in [-0.25, -0.2) is 9.78 Å². The second-order valence-corrected chi connectivity index (χ2v) is 6.95. The molecule has 11 heteroatoms. The molecule has 0 aliphatic carbocycles. The van der Waals surface area contributed by atoms with Crippen LogP contribution in [0.1, 0.15) is 0 Å². The smallest absolute Gasteiger partial charge is 0.327 e. The highest BCUT2D eigenvalue weighted by Gasteiger charge is 2.18. The maximum atomic E-state index is 12.3. The number of allylic oxidation sites excluding steroid dienone is 1. The number of nitrogens with one attached hydrogen (secondary N) is 1. The number of hydrogen-bond acceptors (Lipinski definition) is 7. The Morgan fingerprint density at radius 2 is 2.07 bits per heavy atom. The third-order valence-corrected chi connectivity index (χ3v) is 5.08. The fraction of sp³-hybridized carbons (Fsp3) is 0.176. The van der Waals surface area contributed by atoms with Crippen LogP contribution in [0.4, 0.5) is 0 Å². The topological polar surface area (TPSA) is 116 Å². The van der Waals surface area contributed by atoms with Crippen molar-refractivity contribution in [3.05, 3.63) is 58.0 Å². The van der Waals surface area contributed by atoms with Crippen molar-refractivity contribution < 1.29 is 0 Å². The summed E-state index contributed by atoms with van der Waals surface area (Å²) in [7, 11) is 3.00. The third kappa shape index (κ3) is 2.85. The van der Waals surface area contributed by atoms with Gasteiger partial charge in [0.2, 0.25) is 0 Å². The number of aromatic nitrogens is 8. The second-order valence-electron chi connectivity index (χ2n) is 6.00. The molecule has 0 saturated heterocycles. The van der Waals surface area contributed by atoms with Crippen molar-refractivity contribution in [1.29, 1.82) is 0 Å². The molecule has 4 rings (SSSR count). The van der Waals surface area contributed by atoms with E-state index in [9.17, 15) is 9.59 Å². The van der Waals surface area contributed by atoms with Crippen molar-refractivity contribution in [2.75, 3.05) is 0 Å². The molecule has 0 saturated carbocycles. The van der Waals surface area contributed by atoms with Crippen LogP contribution >= 0.6 is 11.8 Å². The van der Waals surface area contributed by atoms with Gasteiger partial charge in [-0.15, -0.1) is 16.8 Å². The number of pyridine rings is 1. The van der Waals surface area contributed by atoms with Gasteiger partial charge in [-0.2, -0.15) is 0 Å². The van der Waals surface area contributed by atoms with Crippen LogP contribution in [0.2, 0.25) is 0 Å². The third-order valence-electron chi connectivity index (χ3n) is 4.21. The summed E-state index contributed by atoms with van der Waals surface area (Å²) in [4.78, 5) is 35.9. The number of imidazole rings is 1. The quantitative estimate of drug-likeness (QED) is 0.499. The number of aryl methyl sites for hydroxylation is 1. The molecule has 28 heavy (non-hydrogen) atoms. The van der Waals surface area contributed by atoms with Crippen molar-refractivity contribution in [3.8, 4) is 11.4 Å². The van der Waals surface area contributed by atoms with Crippen molar-refractivity contribution in [2.24, 2.45) is 14.1 Å². The lowest BCUT2D eigenvalue weighted by atomic mass is 10.3. The van der Waals surface area contributed by atoms with Gasteiger partial charge >= 0.3 is 5.69 Å². The average molecular weight is 396 g/mol. The predicted octanol–water partition coefficient (Wildman–Crippen LogP) is 0.951. The molecule has 10 nitrogen and oxygen atoms in total. The van der Waals surface area contributed by atoms with Gasteiger partial charge < -0.3 is 4.98 Å². The molecule has 0 amide bonds. The summed E-state index contributed by atoms with van der Waals surface area (Å²) in [6.07, 6.45) is 5.14. The van der Waals surface area contributed by atoms with Gasteiger partial charge in [0.05, 0.1) is 0 Å². The van der Waals surface area contributed by atoms with E-state index >= 15 is 0 Å². The van der Waals surface area contributed by atoms with Crippen molar-refractivity contribution in [1.82, 2.24) is 38.9 Å². The number of H-pyrrole nitrogens is 1. The van der Waals surface area contributed by atoms with E-state index in [4.69, 9.17) is 0 Å². The molecule has 0 aromatic carbocycles. The molecule has 0 radical (unpaired) electrons. The summed E-state index contributed by atoms with van der Waals surface area (Å²) in [6, 6.07) is 3.72. The van der Waals surface area contributed by atoms with E-state index < -0.39 is 11.2 Å². The van der Waals surface area contributed by atoms with Crippen LogP contribution in [0, 0.1) is 0 Å². The minimum atomic E-state index is -0.436. The lowest BCUT2D eigenvalue weighted by molar-refractivity contribution is 0.708. The van der Waals surface area contributed by atoms with Gasteiger partial charge in [0.25, 0.3) is 5.56 Å². The van der Waals surface area contributed by atoms with Crippen LogP contribution in [0.25, 0.3) is 22.6 Å². The van der Waals surface area contributed by atoms with Gasteiger partial charge in [-0.05, 0) is 23.9 Å². The molecule has 4 aromatic heterocycles. The number of nitrogens with zero attached hydrogens (tertiary/aromatic N) is 7. The molecule has 142 valence electrons. The lowest BCUT2D eigenvalue weighted by Gasteiger charge is -2.06. The maximum Gasteiger partial charge on any atom is 0.332 e. The summed E-state index contributed by atoms with van der Waals surface area (Å²) in [5.74, 6) is 0.648. The van der Waals surface area contributed by atoms with Crippen LogP contribution < -0.4 is 11.2 Å². The van der Waals surface area contributed by atoms with E-state index in [1.165, 1.54) is 23.4 Å². The summed E-state index contributed by atoms with van der Waals surface area (Å²) in [5, 5.41) is 9.51. The minimum absolute atomic E-state index is 0.259. The molecular weight excluding hydrogens is 380 g/mol. The highest BCUT2D eigenvalue weighted by molar-refractivity contribution is 7.99. The number of hydrogen-bond donors (Lipinski definition) is 1. The van der Waals surface area contributed by atoms with Gasteiger partial charge in [-0.1, -0.05) is 6.08 Å². The van der Waals surface area contributed by atoms with E-state index in [0.717, 1.165) is 10.1 Å². The largest absolute Gasteiger partial charge is 0.332 e. The molecule has 4 aromatic rings. The van der Waals surface area contributed by atoms with E-state index in [1.807, 2.05) is 16.7 Å². The lowest BCUT2D eigenvalue weighted by Crippen LogP contribution is -2.36. The number of fused-ring (bicyclic) bond motifs is 1. The molecular formula is C17H16N8O2S. The van der Waals surface area contributed by atoms with Crippen molar-refractivity contribution in [2.45, 2.75) is 16.9 Å². The SMILES string of the molecule is C=CCn1c(Sc2nc3c([nH]2)c(=O)n(C)c(=O)n3C)nnc1-c1cccnc1. The van der Waals surface area contributed by atoms with Gasteiger partial charge in [0.15, 0.2) is 27.3 Å². The first-order chi connectivity index (χ1) is 13.5. The molecule has 0 fully saturated rings. The summed E-state index contributed by atoms with van der Waals surface area (Å²) in [5.41, 5.74) is 0.507. The fourth-order valence-electron chi connectivity index (χ4n) is 2.81. The Morgan fingerprint density at radius 1 is 1.25 bits per heavy atom. The van der Waals surface area contributed by atoms with E-state index in [1.54, 1.807) is 25.5 Å². The van der Waals surface area contributed by atoms with Gasteiger partial charge in [-0.3, -0.25) is 23.5 Å². The first kappa shape index (κ1) is 17.9. The summed E-state index contributed by atoms with van der Waals surface area (Å²) < 4.78 is 4.24. The van der Waals surface area contributed by atoms with E-state index in [2.05, 4.69) is 31.7 Å². The molecule has 4 heterocycles. The summed E-state index contributed by atoms with van der Waals surface area (Å²) >= 11 is 1.22. The standard InChI is InChI=1S/C17H16N8O2S/c1-4-8-25-12(10-6-5-7-18-9-10)21-22-16(25)28-15-19-11-13(20-15)23(2)17(27)24(3)14(11)26/h4-7,9H,1,8H2,2-3H3,(H,19,20). The highest BCUT2D eigenvalue weighted by Crippen LogP contribution is 2.28. The number of rotatable bonds is 5. The van der Waals surface area contributed by atoms with Gasteiger partial charge in [0.1, 0.15) is 0 Å². The van der Waals surface area contributed by atoms with E-state index in [0.29, 0.717) is 22.7 Å². The average Bonchev–Trinajstić information content (AvgIpc) is 3.31. The first-order valence-corrected chi connectivity index (χ1v) is 9.11. The molecule has 0 bridgehead atoms. The second kappa shape index (κ2) is 6.93. The predicted molar refractivity (Wildman–Crippen MR) is 104 cm³/mol. The van der Waals surface area contributed by atoms with Crippen LogP contribution in [-0.2, 0) is 20.6 Å². The van der Waals surface area contributed by atoms with Crippen LogP contribution in [0.15, 0.2) is 57.1 Å². The highest BCUT2D eigenvalue weighted by atomic mass is 32.2. The minimum Gasteiger partial charge on any atom is -0.327 e.